The van der Waals surface area contributed by atoms with Gasteiger partial charge in [0, 0.05) is 12.1 Å². The fourth-order valence-electron chi connectivity index (χ4n) is 3.66. The summed E-state index contributed by atoms with van der Waals surface area (Å²) in [5.41, 5.74) is 3.92. The van der Waals surface area contributed by atoms with Gasteiger partial charge in [-0.25, -0.2) is 0 Å². The lowest BCUT2D eigenvalue weighted by molar-refractivity contribution is -0.134. The molecule has 0 fully saturated rings. The Morgan fingerprint density at radius 2 is 1.48 bits per heavy atom. The zero-order chi connectivity index (χ0) is 22.9. The van der Waals surface area contributed by atoms with Crippen LogP contribution in [0.15, 0.2) is 103 Å². The first-order valence-corrected chi connectivity index (χ1v) is 10.8. The number of hydrogen-bond donors (Lipinski definition) is 0. The smallest absolute Gasteiger partial charge is 0.312 e. The molecule has 0 aliphatic heterocycles. The summed E-state index contributed by atoms with van der Waals surface area (Å²) >= 11 is 0. The van der Waals surface area contributed by atoms with Gasteiger partial charge in [-0.3, -0.25) is 9.78 Å². The number of ether oxygens (including phenoxy) is 2. The molecule has 4 aromatic rings. The van der Waals surface area contributed by atoms with Gasteiger partial charge in [0.2, 0.25) is 0 Å². The number of benzene rings is 3. The van der Waals surface area contributed by atoms with E-state index < -0.39 is 0 Å². The van der Waals surface area contributed by atoms with E-state index in [0.29, 0.717) is 11.5 Å². The van der Waals surface area contributed by atoms with Crippen LogP contribution in [0, 0.1) is 0 Å². The molecule has 0 unspecified atom stereocenters. The molecule has 0 saturated carbocycles. The van der Waals surface area contributed by atoms with E-state index in [1.165, 1.54) is 0 Å². The molecule has 3 aromatic carbocycles. The van der Waals surface area contributed by atoms with Crippen molar-refractivity contribution in [2.45, 2.75) is 12.3 Å². The molecule has 4 rings (SSSR count). The topological polar surface area (TPSA) is 48.4 Å². The second-order valence-electron chi connectivity index (χ2n) is 7.55. The normalized spacial score (nSPS) is 11.0. The molecule has 0 spiro atoms. The first-order valence-electron chi connectivity index (χ1n) is 10.8. The van der Waals surface area contributed by atoms with Gasteiger partial charge < -0.3 is 9.47 Å². The van der Waals surface area contributed by atoms with Gasteiger partial charge in [0.25, 0.3) is 0 Å². The van der Waals surface area contributed by atoms with Crippen LogP contribution in [0.25, 0.3) is 12.2 Å². The maximum absolute atomic E-state index is 12.9. The Labute approximate surface area is 194 Å². The summed E-state index contributed by atoms with van der Waals surface area (Å²) in [6.45, 7) is 0. The van der Waals surface area contributed by atoms with Gasteiger partial charge in [0.05, 0.1) is 19.2 Å². The van der Waals surface area contributed by atoms with Crippen molar-refractivity contribution in [3.63, 3.8) is 0 Å². The van der Waals surface area contributed by atoms with E-state index in [9.17, 15) is 4.79 Å². The van der Waals surface area contributed by atoms with Crippen LogP contribution in [0.1, 0.15) is 34.7 Å². The maximum atomic E-state index is 12.9. The Morgan fingerprint density at radius 1 is 0.818 bits per heavy atom. The zero-order valence-corrected chi connectivity index (χ0v) is 18.4. The number of carbonyl (C=O) groups is 1. The molecule has 0 atom stereocenters. The van der Waals surface area contributed by atoms with Gasteiger partial charge in [-0.15, -0.1) is 0 Å². The summed E-state index contributed by atoms with van der Waals surface area (Å²) in [4.78, 5) is 17.2. The maximum Gasteiger partial charge on any atom is 0.312 e. The molecule has 0 bridgehead atoms. The van der Waals surface area contributed by atoms with Gasteiger partial charge in [0.15, 0.2) is 11.5 Å². The lowest BCUT2D eigenvalue weighted by Gasteiger charge is -2.18. The Kier molecular flexibility index (Phi) is 7.29. The van der Waals surface area contributed by atoms with Crippen LogP contribution in [-0.2, 0) is 4.79 Å². The van der Waals surface area contributed by atoms with Crippen LogP contribution in [0.2, 0.25) is 0 Å². The number of rotatable bonds is 8. The van der Waals surface area contributed by atoms with Crippen LogP contribution in [-0.4, -0.2) is 18.1 Å². The average Bonchev–Trinajstić information content (AvgIpc) is 2.88. The summed E-state index contributed by atoms with van der Waals surface area (Å²) in [5, 5.41) is 0. The van der Waals surface area contributed by atoms with Crippen molar-refractivity contribution in [1.82, 2.24) is 4.98 Å². The monoisotopic (exact) mass is 435 g/mol. The van der Waals surface area contributed by atoms with Crippen molar-refractivity contribution in [2.24, 2.45) is 0 Å². The zero-order valence-electron chi connectivity index (χ0n) is 18.4. The van der Waals surface area contributed by atoms with E-state index in [2.05, 4.69) is 4.98 Å². The molecule has 4 heteroatoms. The molecule has 1 heterocycles. The fraction of sp³-hybridized carbons (Fsp3) is 0.103. The lowest BCUT2D eigenvalue weighted by Crippen LogP contribution is -2.14. The van der Waals surface area contributed by atoms with Crippen LogP contribution in [0.4, 0.5) is 0 Å². The summed E-state index contributed by atoms with van der Waals surface area (Å²) in [6, 6.07) is 31.3. The Hall–Kier alpha value is -4.18. The lowest BCUT2D eigenvalue weighted by atomic mass is 9.88. The third-order valence-electron chi connectivity index (χ3n) is 5.32. The van der Waals surface area contributed by atoms with E-state index in [0.717, 1.165) is 22.4 Å². The molecular weight excluding hydrogens is 410 g/mol. The predicted octanol–water partition coefficient (Wildman–Crippen LogP) is 6.39. The van der Waals surface area contributed by atoms with Gasteiger partial charge in [0.1, 0.15) is 0 Å². The van der Waals surface area contributed by atoms with Crippen molar-refractivity contribution in [3.8, 4) is 11.5 Å². The molecule has 0 N–H and O–H groups in total. The summed E-state index contributed by atoms with van der Waals surface area (Å²) in [7, 11) is 1.57. The standard InChI is InChI=1S/C29H25NO3/c1-32-28-20-22(15-17-25-14-8-9-19-30-25)16-18-27(28)33-29(31)21-26(23-10-4-2-5-11-23)24-12-6-3-7-13-24/h2-20,26H,21H2,1H3/b17-15+. The minimum Gasteiger partial charge on any atom is -0.493 e. The van der Waals surface area contributed by atoms with Gasteiger partial charge in [-0.1, -0.05) is 78.9 Å². The third-order valence-corrected chi connectivity index (χ3v) is 5.32. The summed E-state index contributed by atoms with van der Waals surface area (Å²) < 4.78 is 11.2. The van der Waals surface area contributed by atoms with E-state index >= 15 is 0 Å². The van der Waals surface area contributed by atoms with Crippen LogP contribution >= 0.6 is 0 Å². The van der Waals surface area contributed by atoms with Gasteiger partial charge in [-0.05, 0) is 47.0 Å². The first-order chi connectivity index (χ1) is 16.2. The van der Waals surface area contributed by atoms with E-state index in [1.807, 2.05) is 103 Å². The Balaban J connectivity index is 1.50. The highest BCUT2D eigenvalue weighted by Crippen LogP contribution is 2.32. The van der Waals surface area contributed by atoms with Crippen LogP contribution in [0.3, 0.4) is 0 Å². The number of carbonyl (C=O) groups excluding carboxylic acids is 1. The van der Waals surface area contributed by atoms with Crippen molar-refractivity contribution in [2.75, 3.05) is 7.11 Å². The van der Waals surface area contributed by atoms with Gasteiger partial charge >= 0.3 is 5.97 Å². The van der Waals surface area contributed by atoms with E-state index in [-0.39, 0.29) is 18.3 Å². The molecule has 0 radical (unpaired) electrons. The number of nitrogens with zero attached hydrogens (tertiary/aromatic N) is 1. The minimum atomic E-state index is -0.317. The predicted molar refractivity (Wildman–Crippen MR) is 131 cm³/mol. The molecule has 1 aromatic heterocycles. The van der Waals surface area contributed by atoms with Crippen LogP contribution in [0.5, 0.6) is 11.5 Å². The summed E-state index contributed by atoms with van der Waals surface area (Å²) in [6.07, 6.45) is 5.83. The van der Waals surface area contributed by atoms with Crippen LogP contribution < -0.4 is 9.47 Å². The molecule has 4 nitrogen and oxygen atoms in total. The molecule has 0 amide bonds. The highest BCUT2D eigenvalue weighted by atomic mass is 16.6. The number of pyridine rings is 1. The highest BCUT2D eigenvalue weighted by molar-refractivity contribution is 5.76. The third kappa shape index (κ3) is 5.95. The number of hydrogen-bond acceptors (Lipinski definition) is 4. The van der Waals surface area contributed by atoms with E-state index in [1.54, 1.807) is 19.4 Å². The fourth-order valence-corrected chi connectivity index (χ4v) is 3.66. The SMILES string of the molecule is COc1cc(/C=C/c2ccccn2)ccc1OC(=O)CC(c1ccccc1)c1ccccc1. The molecule has 0 saturated heterocycles. The largest absolute Gasteiger partial charge is 0.493 e. The van der Waals surface area contributed by atoms with Crippen molar-refractivity contribution in [1.29, 1.82) is 0 Å². The van der Waals surface area contributed by atoms with E-state index in [4.69, 9.17) is 9.47 Å². The minimum absolute atomic E-state index is 0.0912. The average molecular weight is 436 g/mol. The van der Waals surface area contributed by atoms with Crippen molar-refractivity contribution >= 4 is 18.1 Å². The molecule has 0 aliphatic carbocycles. The molecule has 33 heavy (non-hydrogen) atoms. The number of aromatic nitrogens is 1. The molecule has 0 aliphatic rings. The first kappa shape index (κ1) is 22.0. The molecule has 164 valence electrons. The number of methoxy groups -OCH3 is 1. The van der Waals surface area contributed by atoms with Crippen molar-refractivity contribution in [3.05, 3.63) is 126 Å². The highest BCUT2D eigenvalue weighted by Gasteiger charge is 2.20. The van der Waals surface area contributed by atoms with Crippen molar-refractivity contribution < 1.29 is 14.3 Å². The Bertz CT molecular complexity index is 1170. The second kappa shape index (κ2) is 10.9. The molecular formula is C29H25NO3. The Morgan fingerprint density at radius 3 is 2.09 bits per heavy atom. The second-order valence-corrected chi connectivity index (χ2v) is 7.55. The summed E-state index contributed by atoms with van der Waals surface area (Å²) in [5.74, 6) is 0.495. The van der Waals surface area contributed by atoms with Gasteiger partial charge in [-0.2, -0.15) is 0 Å². The quantitative estimate of drug-likeness (QED) is 0.238. The number of esters is 1.